The molecule has 0 aliphatic heterocycles. The molecule has 0 spiro atoms. The van der Waals surface area contributed by atoms with Crippen LogP contribution < -0.4 is 10.5 Å². The van der Waals surface area contributed by atoms with Crippen LogP contribution in [-0.2, 0) is 10.3 Å². The molecular formula is C17H20FNO2. The lowest BCUT2D eigenvalue weighted by Gasteiger charge is -2.28. The van der Waals surface area contributed by atoms with Gasteiger partial charge in [0, 0.05) is 18.2 Å². The van der Waals surface area contributed by atoms with Crippen LogP contribution in [0, 0.1) is 5.82 Å². The molecular weight excluding hydrogens is 269 g/mol. The Hall–Kier alpha value is -1.91. The molecule has 112 valence electrons. The van der Waals surface area contributed by atoms with E-state index < -0.39 is 5.54 Å². The van der Waals surface area contributed by atoms with Crippen LogP contribution in [-0.4, -0.2) is 20.3 Å². The fraction of sp³-hybridized carbons (Fsp3) is 0.294. The van der Waals surface area contributed by atoms with Gasteiger partial charge in [-0.2, -0.15) is 0 Å². The van der Waals surface area contributed by atoms with Crippen LogP contribution in [0.5, 0.6) is 5.75 Å². The van der Waals surface area contributed by atoms with E-state index in [4.69, 9.17) is 15.2 Å². The minimum absolute atomic E-state index is 0.325. The minimum Gasteiger partial charge on any atom is -0.491 e. The lowest BCUT2D eigenvalue weighted by molar-refractivity contribution is 0.145. The maximum Gasteiger partial charge on any atom is 0.128 e. The molecule has 0 fully saturated rings. The van der Waals surface area contributed by atoms with Gasteiger partial charge in [-0.15, -0.1) is 0 Å². The van der Waals surface area contributed by atoms with Crippen molar-refractivity contribution < 1.29 is 13.9 Å². The summed E-state index contributed by atoms with van der Waals surface area (Å²) in [6.45, 7) is 2.68. The average Bonchev–Trinajstić information content (AvgIpc) is 2.48. The molecule has 2 aromatic rings. The maximum absolute atomic E-state index is 14.1. The molecule has 0 aromatic heterocycles. The van der Waals surface area contributed by atoms with Gasteiger partial charge in [0.05, 0.1) is 12.1 Å². The van der Waals surface area contributed by atoms with E-state index >= 15 is 0 Å². The van der Waals surface area contributed by atoms with Gasteiger partial charge >= 0.3 is 0 Å². The van der Waals surface area contributed by atoms with Crippen molar-refractivity contribution in [2.75, 3.05) is 20.3 Å². The van der Waals surface area contributed by atoms with Crippen molar-refractivity contribution in [3.05, 3.63) is 65.5 Å². The summed E-state index contributed by atoms with van der Waals surface area (Å²) in [5.74, 6) is 0.317. The quantitative estimate of drug-likeness (QED) is 0.831. The zero-order chi connectivity index (χ0) is 15.3. The highest BCUT2D eigenvalue weighted by atomic mass is 19.1. The molecule has 0 bridgehead atoms. The predicted octanol–water partition coefficient (Wildman–Crippen LogP) is 3.07. The summed E-state index contributed by atoms with van der Waals surface area (Å²) in [6.07, 6.45) is 0. The summed E-state index contributed by atoms with van der Waals surface area (Å²) in [5.41, 5.74) is 6.62. The Bertz CT molecular complexity index is 599. The van der Waals surface area contributed by atoms with Crippen LogP contribution in [0.15, 0.2) is 48.5 Å². The van der Waals surface area contributed by atoms with Crippen LogP contribution in [0.3, 0.4) is 0 Å². The Morgan fingerprint density at radius 3 is 2.29 bits per heavy atom. The fourth-order valence-electron chi connectivity index (χ4n) is 2.28. The highest BCUT2D eigenvalue weighted by Crippen LogP contribution is 2.34. The van der Waals surface area contributed by atoms with Crippen molar-refractivity contribution in [1.29, 1.82) is 0 Å². The molecule has 2 N–H and O–H groups in total. The van der Waals surface area contributed by atoms with Gasteiger partial charge in [0.2, 0.25) is 0 Å². The molecule has 0 radical (unpaired) electrons. The number of ether oxygens (including phenoxy) is 2. The third-order valence-electron chi connectivity index (χ3n) is 3.42. The van der Waals surface area contributed by atoms with Crippen LogP contribution in [0.1, 0.15) is 18.1 Å². The zero-order valence-corrected chi connectivity index (χ0v) is 12.3. The number of para-hydroxylation sites is 1. The van der Waals surface area contributed by atoms with Gasteiger partial charge in [0.25, 0.3) is 0 Å². The van der Waals surface area contributed by atoms with Gasteiger partial charge in [-0.25, -0.2) is 4.39 Å². The lowest BCUT2D eigenvalue weighted by Crippen LogP contribution is -2.35. The summed E-state index contributed by atoms with van der Waals surface area (Å²) >= 11 is 0. The van der Waals surface area contributed by atoms with E-state index in [1.54, 1.807) is 32.2 Å². The molecule has 2 rings (SSSR count). The molecule has 3 nitrogen and oxygen atoms in total. The van der Waals surface area contributed by atoms with Gasteiger partial charge < -0.3 is 15.2 Å². The van der Waals surface area contributed by atoms with E-state index in [9.17, 15) is 4.39 Å². The van der Waals surface area contributed by atoms with E-state index in [1.807, 2.05) is 24.3 Å². The molecule has 0 saturated carbocycles. The Labute approximate surface area is 124 Å². The molecule has 0 aliphatic carbocycles. The van der Waals surface area contributed by atoms with E-state index in [1.165, 1.54) is 6.07 Å². The number of rotatable bonds is 6. The van der Waals surface area contributed by atoms with Crippen molar-refractivity contribution in [3.63, 3.8) is 0 Å². The number of hydrogen-bond acceptors (Lipinski definition) is 3. The largest absolute Gasteiger partial charge is 0.491 e. The number of nitrogens with two attached hydrogens (primary N) is 1. The molecule has 21 heavy (non-hydrogen) atoms. The number of halogens is 1. The molecule has 0 amide bonds. The normalized spacial score (nSPS) is 13.7. The van der Waals surface area contributed by atoms with E-state index in [2.05, 4.69) is 0 Å². The van der Waals surface area contributed by atoms with Gasteiger partial charge in [-0.1, -0.05) is 36.4 Å². The second-order valence-electron chi connectivity index (χ2n) is 5.02. The first-order valence-corrected chi connectivity index (χ1v) is 6.82. The van der Waals surface area contributed by atoms with Crippen molar-refractivity contribution >= 4 is 0 Å². The minimum atomic E-state index is -0.977. The summed E-state index contributed by atoms with van der Waals surface area (Å²) < 4.78 is 24.7. The summed E-state index contributed by atoms with van der Waals surface area (Å²) in [5, 5.41) is 0. The maximum atomic E-state index is 14.1. The smallest absolute Gasteiger partial charge is 0.128 e. The Balaban J connectivity index is 2.38. The van der Waals surface area contributed by atoms with E-state index in [0.717, 1.165) is 5.56 Å². The van der Waals surface area contributed by atoms with Crippen molar-refractivity contribution in [2.24, 2.45) is 5.73 Å². The first-order valence-electron chi connectivity index (χ1n) is 6.82. The summed E-state index contributed by atoms with van der Waals surface area (Å²) in [7, 11) is 1.61. The number of benzene rings is 2. The van der Waals surface area contributed by atoms with E-state index in [-0.39, 0.29) is 5.82 Å². The Morgan fingerprint density at radius 1 is 1.00 bits per heavy atom. The first kappa shape index (κ1) is 15.5. The number of methoxy groups -OCH3 is 1. The van der Waals surface area contributed by atoms with Crippen LogP contribution in [0.4, 0.5) is 4.39 Å². The topological polar surface area (TPSA) is 44.5 Å². The van der Waals surface area contributed by atoms with Crippen molar-refractivity contribution in [3.8, 4) is 5.75 Å². The van der Waals surface area contributed by atoms with E-state index in [0.29, 0.717) is 24.5 Å². The Morgan fingerprint density at radius 2 is 1.62 bits per heavy atom. The highest BCUT2D eigenvalue weighted by molar-refractivity contribution is 5.45. The molecule has 1 unspecified atom stereocenters. The van der Waals surface area contributed by atoms with Gasteiger partial charge in [0.1, 0.15) is 18.2 Å². The Kier molecular flexibility index (Phi) is 4.94. The summed E-state index contributed by atoms with van der Waals surface area (Å²) in [6, 6.07) is 13.9. The molecule has 0 saturated heterocycles. The fourth-order valence-corrected chi connectivity index (χ4v) is 2.28. The zero-order valence-electron chi connectivity index (χ0n) is 12.3. The van der Waals surface area contributed by atoms with Gasteiger partial charge in [-0.3, -0.25) is 0 Å². The third kappa shape index (κ3) is 3.40. The standard InChI is InChI=1S/C17H20FNO2/c1-17(19,13-7-3-5-9-15(13)18)14-8-4-6-10-16(14)21-12-11-20-2/h3-10H,11-12,19H2,1-2H3. The highest BCUT2D eigenvalue weighted by Gasteiger charge is 2.29. The van der Waals surface area contributed by atoms with Gasteiger partial charge in [-0.05, 0) is 19.1 Å². The molecule has 2 aromatic carbocycles. The van der Waals surface area contributed by atoms with Crippen molar-refractivity contribution in [2.45, 2.75) is 12.5 Å². The van der Waals surface area contributed by atoms with Crippen LogP contribution in [0.25, 0.3) is 0 Å². The molecule has 0 heterocycles. The number of hydrogen-bond donors (Lipinski definition) is 1. The second kappa shape index (κ2) is 6.70. The monoisotopic (exact) mass is 289 g/mol. The molecule has 4 heteroatoms. The van der Waals surface area contributed by atoms with Crippen LogP contribution >= 0.6 is 0 Å². The SMILES string of the molecule is COCCOc1ccccc1C(C)(N)c1ccccc1F. The third-order valence-corrected chi connectivity index (χ3v) is 3.42. The van der Waals surface area contributed by atoms with Crippen LogP contribution in [0.2, 0.25) is 0 Å². The van der Waals surface area contributed by atoms with Crippen molar-refractivity contribution in [1.82, 2.24) is 0 Å². The molecule has 1 atom stereocenters. The molecule has 0 aliphatic rings. The summed E-state index contributed by atoms with van der Waals surface area (Å²) in [4.78, 5) is 0. The average molecular weight is 289 g/mol. The van der Waals surface area contributed by atoms with Gasteiger partial charge in [0.15, 0.2) is 0 Å². The lowest BCUT2D eigenvalue weighted by atomic mass is 9.85. The predicted molar refractivity (Wildman–Crippen MR) is 80.9 cm³/mol. The second-order valence-corrected chi connectivity index (χ2v) is 5.02. The first-order chi connectivity index (χ1) is 10.1.